The van der Waals surface area contributed by atoms with Gasteiger partial charge in [0.05, 0.1) is 18.8 Å². The molecule has 0 aromatic rings. The Kier molecular flexibility index (Phi) is 3.09. The number of hydrogen-bond donors (Lipinski definition) is 1. The van der Waals surface area contributed by atoms with E-state index in [0.717, 1.165) is 38.6 Å². The minimum Gasteiger partial charge on any atom is -0.374 e. The molecule has 17 heavy (non-hydrogen) atoms. The van der Waals surface area contributed by atoms with Crippen LogP contribution < -0.4 is 5.73 Å². The normalized spacial score (nSPS) is 41.6. The maximum atomic E-state index is 12.5. The minimum absolute atomic E-state index is 0.185. The van der Waals surface area contributed by atoms with Crippen molar-refractivity contribution in [2.45, 2.75) is 56.7 Å². The lowest BCUT2D eigenvalue weighted by molar-refractivity contribution is -0.148. The van der Waals surface area contributed by atoms with Crippen molar-refractivity contribution in [1.82, 2.24) is 4.90 Å². The van der Waals surface area contributed by atoms with Crippen molar-refractivity contribution < 1.29 is 9.53 Å². The molecular formula is C13H22N2O2. The maximum absolute atomic E-state index is 12.5. The number of amides is 1. The first-order chi connectivity index (χ1) is 8.25. The maximum Gasteiger partial charge on any atom is 0.226 e. The van der Waals surface area contributed by atoms with E-state index < -0.39 is 0 Å². The van der Waals surface area contributed by atoms with Crippen LogP contribution >= 0.6 is 0 Å². The lowest BCUT2D eigenvalue weighted by atomic mass is 10.0. The molecular weight excluding hydrogens is 216 g/mol. The number of carbonyl (C=O) groups excluding carboxylic acids is 1. The molecule has 3 rings (SSSR count). The van der Waals surface area contributed by atoms with Crippen LogP contribution in [0.3, 0.4) is 0 Å². The second-order valence-corrected chi connectivity index (χ2v) is 5.71. The highest BCUT2D eigenvalue weighted by Crippen LogP contribution is 2.33. The molecule has 0 spiro atoms. The summed E-state index contributed by atoms with van der Waals surface area (Å²) in [5.41, 5.74) is 5.90. The van der Waals surface area contributed by atoms with E-state index in [2.05, 4.69) is 4.90 Å². The summed E-state index contributed by atoms with van der Waals surface area (Å²) in [6, 6.07) is 0.595. The summed E-state index contributed by atoms with van der Waals surface area (Å²) in [6.07, 6.45) is 6.62. The zero-order valence-corrected chi connectivity index (χ0v) is 10.3. The molecule has 0 aromatic carbocycles. The van der Waals surface area contributed by atoms with Crippen LogP contribution in [-0.4, -0.2) is 42.1 Å². The number of ether oxygens (including phenoxy) is 1. The predicted octanol–water partition coefficient (Wildman–Crippen LogP) is 0.894. The van der Waals surface area contributed by atoms with Gasteiger partial charge in [0.15, 0.2) is 0 Å². The molecule has 1 aliphatic heterocycles. The van der Waals surface area contributed by atoms with Crippen LogP contribution in [0.1, 0.15) is 38.5 Å². The van der Waals surface area contributed by atoms with Crippen molar-refractivity contribution in [1.29, 1.82) is 0 Å². The Morgan fingerprint density at radius 1 is 1.24 bits per heavy atom. The molecule has 0 aromatic heterocycles. The van der Waals surface area contributed by atoms with Gasteiger partial charge in [-0.25, -0.2) is 0 Å². The first-order valence-electron chi connectivity index (χ1n) is 6.93. The van der Waals surface area contributed by atoms with Crippen LogP contribution in [0, 0.1) is 5.92 Å². The van der Waals surface area contributed by atoms with Crippen molar-refractivity contribution in [3.05, 3.63) is 0 Å². The highest BCUT2D eigenvalue weighted by Gasteiger charge is 2.41. The van der Waals surface area contributed by atoms with Crippen LogP contribution in [0.15, 0.2) is 0 Å². The largest absolute Gasteiger partial charge is 0.374 e. The molecule has 1 heterocycles. The van der Waals surface area contributed by atoms with Gasteiger partial charge in [0, 0.05) is 18.5 Å². The Labute approximate surface area is 102 Å². The van der Waals surface area contributed by atoms with Gasteiger partial charge in [0.2, 0.25) is 5.91 Å². The van der Waals surface area contributed by atoms with Crippen molar-refractivity contribution in [2.75, 3.05) is 13.2 Å². The molecule has 1 saturated heterocycles. The first kappa shape index (κ1) is 11.5. The number of carbonyl (C=O) groups is 1. The number of morpholine rings is 1. The summed E-state index contributed by atoms with van der Waals surface area (Å²) >= 11 is 0. The van der Waals surface area contributed by atoms with E-state index in [0.29, 0.717) is 24.7 Å². The SMILES string of the molecule is NC1CCC(C(=O)N2CCOC3CCCC32)C1. The van der Waals surface area contributed by atoms with Gasteiger partial charge in [0.1, 0.15) is 0 Å². The van der Waals surface area contributed by atoms with Gasteiger partial charge in [-0.3, -0.25) is 4.79 Å². The van der Waals surface area contributed by atoms with Gasteiger partial charge in [-0.2, -0.15) is 0 Å². The van der Waals surface area contributed by atoms with Crippen LogP contribution in [0.5, 0.6) is 0 Å². The van der Waals surface area contributed by atoms with Gasteiger partial charge in [-0.05, 0) is 38.5 Å². The van der Waals surface area contributed by atoms with E-state index in [1.165, 1.54) is 6.42 Å². The molecule has 3 aliphatic rings. The zero-order valence-electron chi connectivity index (χ0n) is 10.3. The molecule has 4 heteroatoms. The number of fused-ring (bicyclic) bond motifs is 1. The summed E-state index contributed by atoms with van der Waals surface area (Å²) in [5, 5.41) is 0. The third-order valence-electron chi connectivity index (χ3n) is 4.59. The first-order valence-corrected chi connectivity index (χ1v) is 6.93. The van der Waals surface area contributed by atoms with Crippen LogP contribution in [-0.2, 0) is 9.53 Å². The minimum atomic E-state index is 0.185. The van der Waals surface area contributed by atoms with Crippen molar-refractivity contribution in [3.63, 3.8) is 0 Å². The molecule has 2 aliphatic carbocycles. The Morgan fingerprint density at radius 2 is 2.12 bits per heavy atom. The lowest BCUT2D eigenvalue weighted by Crippen LogP contribution is -2.52. The Morgan fingerprint density at radius 3 is 2.88 bits per heavy atom. The third kappa shape index (κ3) is 2.08. The van der Waals surface area contributed by atoms with E-state index in [4.69, 9.17) is 10.5 Å². The highest BCUT2D eigenvalue weighted by atomic mass is 16.5. The molecule has 4 nitrogen and oxygen atoms in total. The molecule has 96 valence electrons. The van der Waals surface area contributed by atoms with Gasteiger partial charge >= 0.3 is 0 Å². The van der Waals surface area contributed by atoms with E-state index in [1.54, 1.807) is 0 Å². The Bertz CT molecular complexity index is 308. The molecule has 0 radical (unpaired) electrons. The summed E-state index contributed by atoms with van der Waals surface area (Å²) in [5.74, 6) is 0.530. The smallest absolute Gasteiger partial charge is 0.226 e. The van der Waals surface area contributed by atoms with E-state index in [9.17, 15) is 4.79 Å². The van der Waals surface area contributed by atoms with Gasteiger partial charge in [-0.15, -0.1) is 0 Å². The third-order valence-corrected chi connectivity index (χ3v) is 4.59. The highest BCUT2D eigenvalue weighted by molar-refractivity contribution is 5.79. The van der Waals surface area contributed by atoms with E-state index in [-0.39, 0.29) is 12.0 Å². The summed E-state index contributed by atoms with van der Waals surface area (Å²) in [7, 11) is 0. The van der Waals surface area contributed by atoms with Crippen LogP contribution in [0.25, 0.3) is 0 Å². The van der Waals surface area contributed by atoms with Crippen LogP contribution in [0.2, 0.25) is 0 Å². The number of rotatable bonds is 1. The average molecular weight is 238 g/mol. The number of nitrogens with zero attached hydrogens (tertiary/aromatic N) is 1. The van der Waals surface area contributed by atoms with Crippen molar-refractivity contribution in [3.8, 4) is 0 Å². The standard InChI is InChI=1S/C13H22N2O2/c14-10-5-4-9(8-10)13(16)15-6-7-17-12-3-1-2-11(12)15/h9-12H,1-8,14H2. The van der Waals surface area contributed by atoms with Crippen LogP contribution in [0.4, 0.5) is 0 Å². The molecule has 0 bridgehead atoms. The molecule has 2 N–H and O–H groups in total. The van der Waals surface area contributed by atoms with Crippen molar-refractivity contribution >= 4 is 5.91 Å². The topological polar surface area (TPSA) is 55.6 Å². The average Bonchev–Trinajstić information content (AvgIpc) is 2.95. The van der Waals surface area contributed by atoms with Gasteiger partial charge in [-0.1, -0.05) is 0 Å². The number of nitrogens with two attached hydrogens (primary N) is 1. The molecule has 4 atom stereocenters. The Balaban J connectivity index is 1.68. The van der Waals surface area contributed by atoms with E-state index in [1.807, 2.05) is 0 Å². The monoisotopic (exact) mass is 238 g/mol. The second-order valence-electron chi connectivity index (χ2n) is 5.71. The molecule has 4 unspecified atom stereocenters. The van der Waals surface area contributed by atoms with E-state index >= 15 is 0 Å². The zero-order chi connectivity index (χ0) is 11.8. The van der Waals surface area contributed by atoms with Gasteiger partial charge < -0.3 is 15.4 Å². The quantitative estimate of drug-likeness (QED) is 0.738. The lowest BCUT2D eigenvalue weighted by Gasteiger charge is -2.39. The fourth-order valence-electron chi connectivity index (χ4n) is 3.67. The fourth-order valence-corrected chi connectivity index (χ4v) is 3.67. The summed E-state index contributed by atoms with van der Waals surface area (Å²) in [4.78, 5) is 14.6. The molecule has 1 amide bonds. The predicted molar refractivity (Wildman–Crippen MR) is 64.4 cm³/mol. The number of hydrogen-bond acceptors (Lipinski definition) is 3. The Hall–Kier alpha value is -0.610. The summed E-state index contributed by atoms with van der Waals surface area (Å²) in [6.45, 7) is 1.50. The van der Waals surface area contributed by atoms with Gasteiger partial charge in [0.25, 0.3) is 0 Å². The summed E-state index contributed by atoms with van der Waals surface area (Å²) < 4.78 is 5.75. The van der Waals surface area contributed by atoms with Crippen molar-refractivity contribution in [2.24, 2.45) is 11.7 Å². The fraction of sp³-hybridized carbons (Fsp3) is 0.923. The second kappa shape index (κ2) is 4.58. The molecule has 3 fully saturated rings. The molecule has 2 saturated carbocycles.